The van der Waals surface area contributed by atoms with Gasteiger partial charge >= 0.3 is 0 Å². The zero-order valence-corrected chi connectivity index (χ0v) is 13.1. The van der Waals surface area contributed by atoms with Crippen molar-refractivity contribution in [2.45, 2.75) is 56.5 Å². The van der Waals surface area contributed by atoms with Crippen LogP contribution in [0.25, 0.3) is 0 Å². The quantitative estimate of drug-likeness (QED) is 0.803. The van der Waals surface area contributed by atoms with E-state index in [0.29, 0.717) is 11.8 Å². The number of hydrogen-bond acceptors (Lipinski definition) is 4. The van der Waals surface area contributed by atoms with Crippen LogP contribution in [0.3, 0.4) is 0 Å². The number of nitrogens with zero attached hydrogens (tertiary/aromatic N) is 1. The van der Waals surface area contributed by atoms with E-state index >= 15 is 0 Å². The Morgan fingerprint density at radius 2 is 1.74 bits per heavy atom. The van der Waals surface area contributed by atoms with Crippen molar-refractivity contribution in [2.75, 3.05) is 32.1 Å². The lowest BCUT2D eigenvalue weighted by Gasteiger charge is -2.45. The summed E-state index contributed by atoms with van der Waals surface area (Å²) >= 11 is 0. The maximum Gasteiger partial charge on any atom is 0.147 e. The monoisotopic (exact) mass is 288 g/mol. The van der Waals surface area contributed by atoms with E-state index in [0.717, 1.165) is 6.42 Å². The van der Waals surface area contributed by atoms with Crippen molar-refractivity contribution < 1.29 is 8.42 Å². The van der Waals surface area contributed by atoms with Crippen LogP contribution in [0.1, 0.15) is 44.9 Å². The Balaban J connectivity index is 2.11. The zero-order valence-electron chi connectivity index (χ0n) is 12.3. The van der Waals surface area contributed by atoms with E-state index in [4.69, 9.17) is 0 Å². The van der Waals surface area contributed by atoms with Gasteiger partial charge in [-0.05, 0) is 52.2 Å². The number of sulfone groups is 1. The van der Waals surface area contributed by atoms with Crippen LogP contribution in [0.5, 0.6) is 0 Å². The first-order valence-electron chi connectivity index (χ1n) is 7.58. The van der Waals surface area contributed by atoms with Crippen LogP contribution in [0.4, 0.5) is 0 Å². The summed E-state index contributed by atoms with van der Waals surface area (Å²) in [6, 6.07) is 0.308. The van der Waals surface area contributed by atoms with E-state index in [9.17, 15) is 8.42 Å². The fourth-order valence-electron chi connectivity index (χ4n) is 4.05. The average Bonchev–Trinajstić information content (AvgIpc) is 2.99. The molecule has 0 radical (unpaired) electrons. The minimum absolute atomic E-state index is 0.218. The molecule has 0 spiro atoms. The SMILES string of the molecule is CNC(CCS(C)(=O)=O)C1(N2CCCC2)CCCC1. The summed E-state index contributed by atoms with van der Waals surface area (Å²) in [5, 5.41) is 3.43. The Labute approximate surface area is 117 Å². The third-order valence-electron chi connectivity index (χ3n) is 4.98. The minimum atomic E-state index is -2.87. The van der Waals surface area contributed by atoms with Crippen molar-refractivity contribution in [2.24, 2.45) is 0 Å². The fourth-order valence-corrected chi connectivity index (χ4v) is 4.71. The molecule has 0 amide bonds. The predicted octanol–water partition coefficient (Wildman–Crippen LogP) is 1.42. The highest BCUT2D eigenvalue weighted by Gasteiger charge is 2.45. The highest BCUT2D eigenvalue weighted by molar-refractivity contribution is 7.90. The van der Waals surface area contributed by atoms with Crippen molar-refractivity contribution in [1.29, 1.82) is 0 Å². The molecule has 1 atom stereocenters. The summed E-state index contributed by atoms with van der Waals surface area (Å²) < 4.78 is 22.9. The van der Waals surface area contributed by atoms with E-state index in [2.05, 4.69) is 10.2 Å². The van der Waals surface area contributed by atoms with Crippen molar-refractivity contribution in [3.8, 4) is 0 Å². The molecule has 112 valence electrons. The smallest absolute Gasteiger partial charge is 0.147 e. The largest absolute Gasteiger partial charge is 0.315 e. The van der Waals surface area contributed by atoms with E-state index in [1.54, 1.807) is 0 Å². The zero-order chi connectivity index (χ0) is 13.9. The van der Waals surface area contributed by atoms with Gasteiger partial charge in [-0.2, -0.15) is 0 Å². The van der Waals surface area contributed by atoms with Gasteiger partial charge in [-0.25, -0.2) is 8.42 Å². The first-order valence-corrected chi connectivity index (χ1v) is 9.64. The van der Waals surface area contributed by atoms with Crippen LogP contribution in [-0.4, -0.2) is 57.0 Å². The first-order chi connectivity index (χ1) is 8.98. The van der Waals surface area contributed by atoms with Crippen molar-refractivity contribution in [3.63, 3.8) is 0 Å². The lowest BCUT2D eigenvalue weighted by Crippen LogP contribution is -2.58. The molecule has 2 rings (SSSR count). The summed E-state index contributed by atoms with van der Waals surface area (Å²) in [6.07, 6.45) is 9.70. The van der Waals surface area contributed by atoms with E-state index in [1.807, 2.05) is 7.05 Å². The lowest BCUT2D eigenvalue weighted by molar-refractivity contribution is 0.0785. The average molecular weight is 288 g/mol. The van der Waals surface area contributed by atoms with Crippen LogP contribution in [-0.2, 0) is 9.84 Å². The summed E-state index contributed by atoms with van der Waals surface area (Å²) in [5.41, 5.74) is 0.218. The molecular formula is C14H28N2O2S. The van der Waals surface area contributed by atoms with Crippen LogP contribution < -0.4 is 5.32 Å². The molecule has 1 N–H and O–H groups in total. The van der Waals surface area contributed by atoms with Gasteiger partial charge < -0.3 is 5.32 Å². The molecule has 1 heterocycles. The summed E-state index contributed by atoms with van der Waals surface area (Å²) in [5.74, 6) is 0.300. The molecule has 1 aliphatic heterocycles. The molecule has 0 aromatic heterocycles. The van der Waals surface area contributed by atoms with Crippen LogP contribution >= 0.6 is 0 Å². The van der Waals surface area contributed by atoms with Gasteiger partial charge in [0.05, 0.1) is 5.75 Å². The van der Waals surface area contributed by atoms with Gasteiger partial charge in [0.2, 0.25) is 0 Å². The predicted molar refractivity (Wildman–Crippen MR) is 79.2 cm³/mol. The van der Waals surface area contributed by atoms with Gasteiger partial charge in [0, 0.05) is 17.8 Å². The van der Waals surface area contributed by atoms with Crippen LogP contribution in [0.2, 0.25) is 0 Å². The van der Waals surface area contributed by atoms with E-state index < -0.39 is 9.84 Å². The second-order valence-corrected chi connectivity index (χ2v) is 8.52. The number of likely N-dealkylation sites (N-methyl/N-ethyl adjacent to an activating group) is 1. The second kappa shape index (κ2) is 6.10. The van der Waals surface area contributed by atoms with Gasteiger partial charge in [-0.1, -0.05) is 12.8 Å². The molecule has 1 unspecified atom stereocenters. The molecular weight excluding hydrogens is 260 g/mol. The lowest BCUT2D eigenvalue weighted by atomic mass is 9.84. The third-order valence-corrected chi connectivity index (χ3v) is 5.96. The molecule has 0 aromatic carbocycles. The summed E-state index contributed by atoms with van der Waals surface area (Å²) in [7, 11) is -0.878. The van der Waals surface area contributed by atoms with Gasteiger partial charge in [0.15, 0.2) is 0 Å². The standard InChI is InChI=1S/C14H28N2O2S/c1-15-13(7-12-19(2,17)18)14(8-3-4-9-14)16-10-5-6-11-16/h13,15H,3-12H2,1-2H3. The molecule has 2 fully saturated rings. The van der Waals surface area contributed by atoms with Gasteiger partial charge in [-0.15, -0.1) is 0 Å². The molecule has 0 aromatic rings. The normalized spacial score (nSPS) is 25.8. The van der Waals surface area contributed by atoms with Crippen molar-refractivity contribution in [3.05, 3.63) is 0 Å². The highest BCUT2D eigenvalue weighted by Crippen LogP contribution is 2.41. The molecule has 1 aliphatic carbocycles. The van der Waals surface area contributed by atoms with E-state index in [1.165, 1.54) is 57.9 Å². The van der Waals surface area contributed by atoms with Gasteiger partial charge in [-0.3, -0.25) is 4.90 Å². The Hall–Kier alpha value is -0.130. The maximum atomic E-state index is 11.5. The number of nitrogens with one attached hydrogen (secondary N) is 1. The molecule has 1 saturated carbocycles. The number of likely N-dealkylation sites (tertiary alicyclic amines) is 1. The second-order valence-electron chi connectivity index (χ2n) is 6.26. The van der Waals surface area contributed by atoms with Crippen molar-refractivity contribution >= 4 is 9.84 Å². The van der Waals surface area contributed by atoms with Crippen LogP contribution in [0, 0.1) is 0 Å². The third kappa shape index (κ3) is 3.50. The number of rotatable bonds is 6. The fraction of sp³-hybridized carbons (Fsp3) is 1.00. The van der Waals surface area contributed by atoms with Gasteiger partial charge in [0.25, 0.3) is 0 Å². The minimum Gasteiger partial charge on any atom is -0.315 e. The molecule has 1 saturated heterocycles. The summed E-state index contributed by atoms with van der Waals surface area (Å²) in [6.45, 7) is 2.38. The Bertz CT molecular complexity index is 382. The topological polar surface area (TPSA) is 49.4 Å². The molecule has 4 nitrogen and oxygen atoms in total. The Kier molecular flexibility index (Phi) is 4.90. The molecule has 0 bridgehead atoms. The summed E-state index contributed by atoms with van der Waals surface area (Å²) in [4.78, 5) is 2.64. The molecule has 19 heavy (non-hydrogen) atoms. The highest BCUT2D eigenvalue weighted by atomic mass is 32.2. The Morgan fingerprint density at radius 1 is 1.16 bits per heavy atom. The Morgan fingerprint density at radius 3 is 2.21 bits per heavy atom. The number of hydrogen-bond donors (Lipinski definition) is 1. The van der Waals surface area contributed by atoms with Crippen molar-refractivity contribution in [1.82, 2.24) is 10.2 Å². The first kappa shape index (κ1) is 15.3. The van der Waals surface area contributed by atoms with Crippen LogP contribution in [0.15, 0.2) is 0 Å². The van der Waals surface area contributed by atoms with E-state index in [-0.39, 0.29) is 5.54 Å². The van der Waals surface area contributed by atoms with Gasteiger partial charge in [0.1, 0.15) is 9.84 Å². The molecule has 5 heteroatoms. The molecule has 2 aliphatic rings. The maximum absolute atomic E-state index is 11.5.